The van der Waals surface area contributed by atoms with Gasteiger partial charge in [-0.3, -0.25) is 0 Å². The van der Waals surface area contributed by atoms with Crippen LogP contribution in [0, 0.1) is 27.7 Å². The second-order valence-electron chi connectivity index (χ2n) is 10.6. The van der Waals surface area contributed by atoms with Crippen molar-refractivity contribution in [2.24, 2.45) is 7.05 Å². The summed E-state index contributed by atoms with van der Waals surface area (Å²) < 4.78 is 4.69. The lowest BCUT2D eigenvalue weighted by molar-refractivity contribution is -0.676. The summed E-state index contributed by atoms with van der Waals surface area (Å²) in [6.07, 6.45) is 4.43. The molecule has 186 valence electrons. The number of aryl methyl sites for hydroxylation is 4. The Morgan fingerprint density at radius 2 is 1.32 bits per heavy atom. The summed E-state index contributed by atoms with van der Waals surface area (Å²) in [7, 11) is 2.16. The van der Waals surface area contributed by atoms with Crippen molar-refractivity contribution in [3.63, 3.8) is 0 Å². The van der Waals surface area contributed by atoms with Gasteiger partial charge >= 0.3 is 0 Å². The fraction of sp³-hybridized carbons (Fsp3) is 0.167. The standard InChI is InChI=1S/C36H34N2/c1-24-20-26(3)27(4)33(21-24)35-34-22-28(14-15-30(34)16-18-37(35)5)23-38-19-17-29-11-7-9-13-32(29)36(38)31-12-8-6-10-25(31)2/h6-22H,23H2,1-5H3/q+2. The summed E-state index contributed by atoms with van der Waals surface area (Å²) >= 11 is 0. The van der Waals surface area contributed by atoms with E-state index in [1.807, 2.05) is 0 Å². The Hall–Kier alpha value is -4.30. The van der Waals surface area contributed by atoms with Crippen LogP contribution in [0.1, 0.15) is 27.8 Å². The second kappa shape index (κ2) is 9.54. The van der Waals surface area contributed by atoms with Gasteiger partial charge in [-0.05, 0) is 79.4 Å². The molecular formula is C36H34N2+2. The minimum atomic E-state index is 0.800. The first-order valence-corrected chi connectivity index (χ1v) is 13.4. The first kappa shape index (κ1) is 24.1. The van der Waals surface area contributed by atoms with Crippen molar-refractivity contribution in [1.82, 2.24) is 0 Å². The third-order valence-corrected chi connectivity index (χ3v) is 7.96. The average molecular weight is 495 g/mol. The number of pyridine rings is 2. The van der Waals surface area contributed by atoms with Crippen LogP contribution in [0.15, 0.2) is 103 Å². The van der Waals surface area contributed by atoms with E-state index in [-0.39, 0.29) is 0 Å². The van der Waals surface area contributed by atoms with Crippen LogP contribution >= 0.6 is 0 Å². The van der Waals surface area contributed by atoms with Crippen molar-refractivity contribution >= 4 is 21.5 Å². The average Bonchev–Trinajstić information content (AvgIpc) is 2.91. The smallest absolute Gasteiger partial charge is 0.200 e. The van der Waals surface area contributed by atoms with Crippen LogP contribution in [0.5, 0.6) is 0 Å². The third-order valence-electron chi connectivity index (χ3n) is 7.96. The van der Waals surface area contributed by atoms with Crippen LogP contribution in [-0.4, -0.2) is 0 Å². The van der Waals surface area contributed by atoms with Crippen LogP contribution in [0.2, 0.25) is 0 Å². The molecule has 0 bridgehead atoms. The molecule has 6 rings (SSSR count). The van der Waals surface area contributed by atoms with Crippen molar-refractivity contribution in [1.29, 1.82) is 0 Å². The minimum Gasteiger partial charge on any atom is -0.200 e. The van der Waals surface area contributed by atoms with Gasteiger partial charge in [-0.25, -0.2) is 4.57 Å². The Morgan fingerprint density at radius 1 is 0.579 bits per heavy atom. The number of hydrogen-bond acceptors (Lipinski definition) is 0. The molecule has 0 atom stereocenters. The maximum atomic E-state index is 2.41. The fourth-order valence-electron chi connectivity index (χ4n) is 5.85. The zero-order valence-electron chi connectivity index (χ0n) is 22.9. The number of rotatable bonds is 4. The van der Waals surface area contributed by atoms with Gasteiger partial charge in [0.15, 0.2) is 18.9 Å². The van der Waals surface area contributed by atoms with E-state index in [9.17, 15) is 0 Å². The Bertz CT molecular complexity index is 1850. The molecule has 0 N–H and O–H groups in total. The summed E-state index contributed by atoms with van der Waals surface area (Å²) in [5.41, 5.74) is 11.7. The number of aromatic nitrogens is 2. The van der Waals surface area contributed by atoms with E-state index in [0.717, 1.165) is 6.54 Å². The Kier molecular flexibility index (Phi) is 6.04. The van der Waals surface area contributed by atoms with E-state index in [1.165, 1.54) is 71.9 Å². The van der Waals surface area contributed by atoms with E-state index in [0.29, 0.717) is 0 Å². The van der Waals surface area contributed by atoms with Crippen molar-refractivity contribution in [3.8, 4) is 22.5 Å². The van der Waals surface area contributed by atoms with Crippen LogP contribution in [0.25, 0.3) is 44.1 Å². The Morgan fingerprint density at radius 3 is 2.16 bits per heavy atom. The molecule has 0 fully saturated rings. The molecule has 0 spiro atoms. The van der Waals surface area contributed by atoms with Gasteiger partial charge in [0.1, 0.15) is 7.05 Å². The summed E-state index contributed by atoms with van der Waals surface area (Å²) in [4.78, 5) is 0. The van der Waals surface area contributed by atoms with Crippen LogP contribution < -0.4 is 9.13 Å². The van der Waals surface area contributed by atoms with Gasteiger partial charge in [0.2, 0.25) is 11.4 Å². The largest absolute Gasteiger partial charge is 0.220 e. The molecule has 0 aliphatic rings. The van der Waals surface area contributed by atoms with Gasteiger partial charge in [-0.1, -0.05) is 60.2 Å². The normalized spacial score (nSPS) is 11.4. The third kappa shape index (κ3) is 4.16. The van der Waals surface area contributed by atoms with E-state index in [1.54, 1.807) is 0 Å². The topological polar surface area (TPSA) is 7.76 Å². The van der Waals surface area contributed by atoms with Crippen LogP contribution in [-0.2, 0) is 13.6 Å². The molecule has 0 aliphatic carbocycles. The van der Waals surface area contributed by atoms with E-state index in [4.69, 9.17) is 0 Å². The van der Waals surface area contributed by atoms with Crippen molar-refractivity contribution < 1.29 is 9.13 Å². The predicted octanol–water partition coefficient (Wildman–Crippen LogP) is 7.72. The maximum Gasteiger partial charge on any atom is 0.220 e. The lowest BCUT2D eigenvalue weighted by atomic mass is 9.94. The molecule has 0 radical (unpaired) electrons. The molecule has 0 unspecified atom stereocenters. The summed E-state index contributed by atoms with van der Waals surface area (Å²) in [5, 5.41) is 5.10. The summed E-state index contributed by atoms with van der Waals surface area (Å²) in [6.45, 7) is 9.65. The van der Waals surface area contributed by atoms with Gasteiger partial charge in [0.05, 0.1) is 16.3 Å². The molecule has 2 nitrogen and oxygen atoms in total. The predicted molar refractivity (Wildman–Crippen MR) is 158 cm³/mol. The summed E-state index contributed by atoms with van der Waals surface area (Å²) in [6, 6.07) is 33.4. The molecule has 0 aliphatic heterocycles. The molecule has 2 heteroatoms. The highest BCUT2D eigenvalue weighted by Gasteiger charge is 2.22. The molecule has 0 saturated heterocycles. The summed E-state index contributed by atoms with van der Waals surface area (Å²) in [5.74, 6) is 0. The molecule has 0 saturated carbocycles. The molecule has 0 amide bonds. The lowest BCUT2D eigenvalue weighted by Crippen LogP contribution is -2.37. The van der Waals surface area contributed by atoms with Crippen molar-refractivity contribution in [2.75, 3.05) is 0 Å². The molecule has 6 aromatic rings. The van der Waals surface area contributed by atoms with Crippen LogP contribution in [0.4, 0.5) is 0 Å². The zero-order chi connectivity index (χ0) is 26.4. The highest BCUT2D eigenvalue weighted by atomic mass is 15.0. The number of fused-ring (bicyclic) bond motifs is 2. The second-order valence-corrected chi connectivity index (χ2v) is 10.6. The molecule has 2 aromatic heterocycles. The zero-order valence-corrected chi connectivity index (χ0v) is 22.9. The Labute approximate surface area is 225 Å². The molecule has 38 heavy (non-hydrogen) atoms. The van der Waals surface area contributed by atoms with Crippen molar-refractivity contribution in [3.05, 3.63) is 131 Å². The monoisotopic (exact) mass is 494 g/mol. The first-order valence-electron chi connectivity index (χ1n) is 13.4. The van der Waals surface area contributed by atoms with Gasteiger partial charge in [0.25, 0.3) is 0 Å². The van der Waals surface area contributed by atoms with Gasteiger partial charge in [-0.2, -0.15) is 4.57 Å². The lowest BCUT2D eigenvalue weighted by Gasteiger charge is -2.13. The van der Waals surface area contributed by atoms with Crippen molar-refractivity contribution in [2.45, 2.75) is 34.2 Å². The number of hydrogen-bond donors (Lipinski definition) is 0. The maximum absolute atomic E-state index is 2.41. The molecule has 4 aromatic carbocycles. The van der Waals surface area contributed by atoms with E-state index >= 15 is 0 Å². The SMILES string of the molecule is Cc1cc(C)c(C)c(-c2c3cc(C[n+]4ccc5ccccc5c4-c4ccccc4C)ccc3cc[n+]2C)c1. The number of nitrogens with zero attached hydrogens (tertiary/aromatic N) is 2. The molecular weight excluding hydrogens is 460 g/mol. The van der Waals surface area contributed by atoms with E-state index in [2.05, 4.69) is 147 Å². The minimum absolute atomic E-state index is 0.800. The number of benzene rings is 4. The van der Waals surface area contributed by atoms with Crippen LogP contribution in [0.3, 0.4) is 0 Å². The Balaban J connectivity index is 1.55. The van der Waals surface area contributed by atoms with E-state index < -0.39 is 0 Å². The van der Waals surface area contributed by atoms with Gasteiger partial charge in [0, 0.05) is 23.3 Å². The highest BCUT2D eigenvalue weighted by molar-refractivity contribution is 5.95. The fourth-order valence-corrected chi connectivity index (χ4v) is 5.85. The highest BCUT2D eigenvalue weighted by Crippen LogP contribution is 2.32. The quantitative estimate of drug-likeness (QED) is 0.222. The van der Waals surface area contributed by atoms with Gasteiger partial charge in [-0.15, -0.1) is 0 Å². The van der Waals surface area contributed by atoms with Gasteiger partial charge < -0.3 is 0 Å². The first-order chi connectivity index (χ1) is 18.4. The molecule has 2 heterocycles.